The molecule has 0 fully saturated rings. The van der Waals surface area contributed by atoms with Crippen molar-refractivity contribution in [3.05, 3.63) is 52.3 Å². The minimum absolute atomic E-state index is 0.0163. The van der Waals surface area contributed by atoms with E-state index < -0.39 is 0 Å². The number of rotatable bonds is 4. The highest BCUT2D eigenvalue weighted by atomic mass is 32.2. The lowest BCUT2D eigenvalue weighted by atomic mass is 10.2. The molecule has 0 aliphatic rings. The highest BCUT2D eigenvalue weighted by Crippen LogP contribution is 2.34. The van der Waals surface area contributed by atoms with Gasteiger partial charge in [0.2, 0.25) is 0 Å². The molecular formula is C16H14N4O2S2. The van der Waals surface area contributed by atoms with Crippen molar-refractivity contribution in [2.45, 2.75) is 17.3 Å². The van der Waals surface area contributed by atoms with Crippen molar-refractivity contribution in [3.8, 4) is 11.3 Å². The molecule has 4 heterocycles. The Morgan fingerprint density at radius 3 is 3.04 bits per heavy atom. The van der Waals surface area contributed by atoms with Gasteiger partial charge in [-0.05, 0) is 19.1 Å². The van der Waals surface area contributed by atoms with Crippen LogP contribution in [0.2, 0.25) is 0 Å². The van der Waals surface area contributed by atoms with E-state index in [0.29, 0.717) is 21.8 Å². The molecule has 4 rings (SSSR count). The maximum absolute atomic E-state index is 12.6. The Labute approximate surface area is 145 Å². The first kappa shape index (κ1) is 15.2. The molecule has 0 saturated heterocycles. The lowest BCUT2D eigenvalue weighted by Crippen LogP contribution is -2.12. The van der Waals surface area contributed by atoms with E-state index in [1.54, 1.807) is 30.3 Å². The van der Waals surface area contributed by atoms with Gasteiger partial charge in [-0.2, -0.15) is 0 Å². The number of hydrogen-bond acceptors (Lipinski definition) is 6. The van der Waals surface area contributed by atoms with Gasteiger partial charge in [0.25, 0.3) is 5.56 Å². The van der Waals surface area contributed by atoms with Crippen molar-refractivity contribution in [3.63, 3.8) is 0 Å². The molecule has 4 aromatic heterocycles. The van der Waals surface area contributed by atoms with Gasteiger partial charge in [-0.1, -0.05) is 11.8 Å². The predicted octanol–water partition coefficient (Wildman–Crippen LogP) is 3.83. The second kappa shape index (κ2) is 5.95. The van der Waals surface area contributed by atoms with Crippen LogP contribution >= 0.6 is 23.1 Å². The summed E-state index contributed by atoms with van der Waals surface area (Å²) in [6, 6.07) is 3.65. The zero-order valence-corrected chi connectivity index (χ0v) is 14.6. The number of imidazole rings is 1. The average Bonchev–Trinajstić information content (AvgIpc) is 3.28. The molecule has 1 atom stereocenters. The van der Waals surface area contributed by atoms with Crippen LogP contribution < -0.4 is 5.56 Å². The molecule has 0 aromatic carbocycles. The molecule has 0 bridgehead atoms. The Hall–Kier alpha value is -2.32. The molecule has 6 nitrogen and oxygen atoms in total. The standard InChI is InChI=1S/C16H14N4O2S2/c1-9(24-16-17-5-6-20(16)2)13-18-14(21)12-10(8-23-15(12)19-13)11-4-3-7-22-11/h3-9H,1-2H3,(H,18,19,21). The van der Waals surface area contributed by atoms with Crippen molar-refractivity contribution in [2.24, 2.45) is 7.05 Å². The van der Waals surface area contributed by atoms with E-state index in [1.165, 1.54) is 11.3 Å². The van der Waals surface area contributed by atoms with Gasteiger partial charge >= 0.3 is 0 Å². The lowest BCUT2D eigenvalue weighted by Gasteiger charge is -2.10. The fraction of sp³-hybridized carbons (Fsp3) is 0.188. The first-order valence-electron chi connectivity index (χ1n) is 7.33. The molecule has 4 aromatic rings. The number of H-pyrrole nitrogens is 1. The number of nitrogens with zero attached hydrogens (tertiary/aromatic N) is 3. The van der Waals surface area contributed by atoms with E-state index in [4.69, 9.17) is 4.42 Å². The molecule has 1 unspecified atom stereocenters. The van der Waals surface area contributed by atoms with Crippen LogP contribution in [0.25, 0.3) is 21.5 Å². The first-order chi connectivity index (χ1) is 11.6. The van der Waals surface area contributed by atoms with Crippen LogP contribution in [-0.4, -0.2) is 19.5 Å². The number of hydrogen-bond donors (Lipinski definition) is 1. The third kappa shape index (κ3) is 2.57. The first-order valence-corrected chi connectivity index (χ1v) is 9.08. The molecule has 0 amide bonds. The maximum Gasteiger partial charge on any atom is 0.260 e. The van der Waals surface area contributed by atoms with Gasteiger partial charge in [0, 0.05) is 30.4 Å². The molecule has 0 radical (unpaired) electrons. The Bertz CT molecular complexity index is 1050. The van der Waals surface area contributed by atoms with Crippen LogP contribution in [0.15, 0.2) is 50.5 Å². The van der Waals surface area contributed by atoms with Crippen molar-refractivity contribution in [1.82, 2.24) is 19.5 Å². The van der Waals surface area contributed by atoms with E-state index in [-0.39, 0.29) is 10.8 Å². The summed E-state index contributed by atoms with van der Waals surface area (Å²) in [7, 11) is 1.94. The van der Waals surface area contributed by atoms with Crippen molar-refractivity contribution >= 4 is 33.3 Å². The summed E-state index contributed by atoms with van der Waals surface area (Å²) >= 11 is 3.00. The lowest BCUT2D eigenvalue weighted by molar-refractivity contribution is 0.583. The molecule has 8 heteroatoms. The van der Waals surface area contributed by atoms with Gasteiger partial charge in [-0.15, -0.1) is 11.3 Å². The second-order valence-corrected chi connectivity index (χ2v) is 7.50. The van der Waals surface area contributed by atoms with Crippen molar-refractivity contribution in [2.75, 3.05) is 0 Å². The summed E-state index contributed by atoms with van der Waals surface area (Å²) in [6.45, 7) is 2.00. The zero-order valence-electron chi connectivity index (χ0n) is 13.0. The summed E-state index contributed by atoms with van der Waals surface area (Å²) in [5, 5.41) is 3.35. The molecule has 122 valence electrons. The summed E-state index contributed by atoms with van der Waals surface area (Å²) in [5.41, 5.74) is 0.639. The van der Waals surface area contributed by atoms with E-state index >= 15 is 0 Å². The third-order valence-electron chi connectivity index (χ3n) is 3.69. The predicted molar refractivity (Wildman–Crippen MR) is 95.4 cm³/mol. The van der Waals surface area contributed by atoms with Crippen LogP contribution in [-0.2, 0) is 7.05 Å². The molecule has 0 spiro atoms. The monoisotopic (exact) mass is 358 g/mol. The molecular weight excluding hydrogens is 344 g/mol. The Balaban J connectivity index is 1.74. The number of furan rings is 1. The number of thiophene rings is 1. The Morgan fingerprint density at radius 2 is 2.33 bits per heavy atom. The second-order valence-electron chi connectivity index (χ2n) is 5.34. The third-order valence-corrected chi connectivity index (χ3v) is 5.75. The fourth-order valence-electron chi connectivity index (χ4n) is 2.45. The van der Waals surface area contributed by atoms with Crippen LogP contribution in [0.1, 0.15) is 18.0 Å². The number of nitrogens with one attached hydrogen (secondary N) is 1. The van der Waals surface area contributed by atoms with Crippen LogP contribution in [0, 0.1) is 0 Å². The number of aryl methyl sites for hydroxylation is 1. The van der Waals surface area contributed by atoms with Crippen LogP contribution in [0.5, 0.6) is 0 Å². The van der Waals surface area contributed by atoms with Crippen molar-refractivity contribution in [1.29, 1.82) is 0 Å². The molecule has 0 aliphatic heterocycles. The van der Waals surface area contributed by atoms with E-state index in [0.717, 1.165) is 10.7 Å². The quantitative estimate of drug-likeness (QED) is 0.561. The summed E-state index contributed by atoms with van der Waals surface area (Å²) in [6.07, 6.45) is 5.24. The number of aromatic amines is 1. The van der Waals surface area contributed by atoms with Gasteiger partial charge in [0.05, 0.1) is 16.9 Å². The Kier molecular flexibility index (Phi) is 3.78. The van der Waals surface area contributed by atoms with Gasteiger partial charge in [0.15, 0.2) is 5.16 Å². The molecule has 0 aliphatic carbocycles. The van der Waals surface area contributed by atoms with Gasteiger partial charge in [-0.3, -0.25) is 4.79 Å². The number of fused-ring (bicyclic) bond motifs is 1. The highest BCUT2D eigenvalue weighted by molar-refractivity contribution is 7.99. The SMILES string of the molecule is CC(Sc1nccn1C)c1nc2scc(-c3ccco3)c2c(=O)[nH]1. The molecule has 24 heavy (non-hydrogen) atoms. The number of aromatic nitrogens is 4. The van der Waals surface area contributed by atoms with Gasteiger partial charge < -0.3 is 14.0 Å². The summed E-state index contributed by atoms with van der Waals surface area (Å²) < 4.78 is 7.36. The topological polar surface area (TPSA) is 76.7 Å². The van der Waals surface area contributed by atoms with E-state index in [1.807, 2.05) is 36.2 Å². The normalized spacial score (nSPS) is 12.8. The minimum atomic E-state index is -0.144. The minimum Gasteiger partial charge on any atom is -0.464 e. The number of thioether (sulfide) groups is 1. The van der Waals surface area contributed by atoms with Crippen LogP contribution in [0.3, 0.4) is 0 Å². The van der Waals surface area contributed by atoms with Crippen molar-refractivity contribution < 1.29 is 4.42 Å². The van der Waals surface area contributed by atoms with E-state index in [2.05, 4.69) is 15.0 Å². The molecule has 1 N–H and O–H groups in total. The van der Waals surface area contributed by atoms with Crippen LogP contribution in [0.4, 0.5) is 0 Å². The summed E-state index contributed by atoms with van der Waals surface area (Å²) in [4.78, 5) is 25.2. The van der Waals surface area contributed by atoms with E-state index in [9.17, 15) is 4.79 Å². The summed E-state index contributed by atoms with van der Waals surface area (Å²) in [5.74, 6) is 1.32. The smallest absolute Gasteiger partial charge is 0.260 e. The largest absolute Gasteiger partial charge is 0.464 e. The highest BCUT2D eigenvalue weighted by Gasteiger charge is 2.18. The fourth-order valence-corrected chi connectivity index (χ4v) is 4.27. The maximum atomic E-state index is 12.6. The average molecular weight is 358 g/mol. The Morgan fingerprint density at radius 1 is 1.46 bits per heavy atom. The zero-order chi connectivity index (χ0) is 16.7. The molecule has 0 saturated carbocycles. The van der Waals surface area contributed by atoms with Gasteiger partial charge in [0.1, 0.15) is 16.4 Å². The van der Waals surface area contributed by atoms with Gasteiger partial charge in [-0.25, -0.2) is 9.97 Å².